The predicted octanol–water partition coefficient (Wildman–Crippen LogP) is 1.90. The smallest absolute Gasteiger partial charge is 0.187 e. The molecule has 2 rings (SSSR count). The van der Waals surface area contributed by atoms with Gasteiger partial charge in [-0.2, -0.15) is 4.37 Å². The molecule has 1 heterocycles. The summed E-state index contributed by atoms with van der Waals surface area (Å²) in [4.78, 5) is 2.21. The van der Waals surface area contributed by atoms with Gasteiger partial charge in [-0.1, -0.05) is 13.3 Å². The fraction of sp³-hybridized carbons (Fsp3) is 0.727. The first kappa shape index (κ1) is 13.6. The highest BCUT2D eigenvalue weighted by atomic mass is 32.2. The highest BCUT2D eigenvalue weighted by molar-refractivity contribution is 7.92. The lowest BCUT2D eigenvalue weighted by Gasteiger charge is -2.18. The van der Waals surface area contributed by atoms with E-state index in [1.165, 1.54) is 11.5 Å². The number of hydrogen-bond acceptors (Lipinski definition) is 6. The zero-order chi connectivity index (χ0) is 13.3. The average Bonchev–Trinajstić information content (AvgIpc) is 3.10. The van der Waals surface area contributed by atoms with Gasteiger partial charge >= 0.3 is 0 Å². The van der Waals surface area contributed by atoms with Crippen LogP contribution < -0.4 is 10.6 Å². The van der Waals surface area contributed by atoms with Crippen molar-refractivity contribution >= 4 is 32.2 Å². The summed E-state index contributed by atoms with van der Waals surface area (Å²) in [5.74, 6) is 0.158. The van der Waals surface area contributed by atoms with E-state index in [2.05, 4.69) is 11.3 Å². The molecule has 0 saturated heterocycles. The monoisotopic (exact) mass is 289 g/mol. The van der Waals surface area contributed by atoms with E-state index >= 15 is 0 Å². The van der Waals surface area contributed by atoms with Gasteiger partial charge in [0.25, 0.3) is 0 Å². The Morgan fingerprint density at radius 1 is 1.50 bits per heavy atom. The van der Waals surface area contributed by atoms with Crippen LogP contribution >= 0.6 is 11.5 Å². The third kappa shape index (κ3) is 2.47. The molecule has 1 aliphatic carbocycles. The summed E-state index contributed by atoms with van der Waals surface area (Å²) in [7, 11) is -1.38. The first-order valence-corrected chi connectivity index (χ1v) is 8.50. The predicted molar refractivity (Wildman–Crippen MR) is 74.9 cm³/mol. The van der Waals surface area contributed by atoms with Crippen LogP contribution in [0.15, 0.2) is 4.90 Å². The SMILES string of the molecule is CCCCN(C)c1snc(N)c1S(=O)(=O)C1CC1. The molecular weight excluding hydrogens is 270 g/mol. The van der Waals surface area contributed by atoms with Crippen molar-refractivity contribution in [1.29, 1.82) is 0 Å². The van der Waals surface area contributed by atoms with E-state index < -0.39 is 9.84 Å². The molecule has 5 nitrogen and oxygen atoms in total. The fourth-order valence-electron chi connectivity index (χ4n) is 1.84. The number of sulfone groups is 1. The Balaban J connectivity index is 2.32. The third-order valence-corrected chi connectivity index (χ3v) is 6.53. The number of hydrogen-bond donors (Lipinski definition) is 1. The van der Waals surface area contributed by atoms with Crippen LogP contribution in [0.5, 0.6) is 0 Å². The minimum absolute atomic E-state index is 0.158. The van der Waals surface area contributed by atoms with Crippen molar-refractivity contribution < 1.29 is 8.42 Å². The molecule has 1 aromatic heterocycles. The Labute approximate surface area is 112 Å². The van der Waals surface area contributed by atoms with Crippen LogP contribution in [-0.2, 0) is 9.84 Å². The molecule has 18 heavy (non-hydrogen) atoms. The van der Waals surface area contributed by atoms with E-state index in [0.29, 0.717) is 5.00 Å². The van der Waals surface area contributed by atoms with E-state index in [9.17, 15) is 8.42 Å². The van der Waals surface area contributed by atoms with Gasteiger partial charge in [-0.05, 0) is 30.8 Å². The largest absolute Gasteiger partial charge is 0.382 e. The second kappa shape index (κ2) is 5.05. The summed E-state index contributed by atoms with van der Waals surface area (Å²) in [5, 5.41) is 0.447. The molecule has 0 spiro atoms. The molecule has 0 bridgehead atoms. The Morgan fingerprint density at radius 2 is 2.17 bits per heavy atom. The van der Waals surface area contributed by atoms with E-state index in [4.69, 9.17) is 5.73 Å². The number of aromatic nitrogens is 1. The molecular formula is C11H19N3O2S2. The molecule has 0 aliphatic heterocycles. The number of nitrogens with zero attached hydrogens (tertiary/aromatic N) is 2. The van der Waals surface area contributed by atoms with Crippen LogP contribution in [0.3, 0.4) is 0 Å². The van der Waals surface area contributed by atoms with Gasteiger partial charge in [-0.15, -0.1) is 0 Å². The highest BCUT2D eigenvalue weighted by Gasteiger charge is 2.41. The van der Waals surface area contributed by atoms with Crippen LogP contribution in [0.1, 0.15) is 32.6 Å². The fourth-order valence-corrected chi connectivity index (χ4v) is 4.88. The van der Waals surface area contributed by atoms with E-state index in [1.54, 1.807) is 0 Å². The Kier molecular flexibility index (Phi) is 3.82. The highest BCUT2D eigenvalue weighted by Crippen LogP contribution is 2.42. The average molecular weight is 289 g/mol. The van der Waals surface area contributed by atoms with Crippen LogP contribution in [0, 0.1) is 0 Å². The zero-order valence-corrected chi connectivity index (χ0v) is 12.4. The van der Waals surface area contributed by atoms with Crippen molar-refractivity contribution in [3.05, 3.63) is 0 Å². The molecule has 1 aromatic rings. The lowest BCUT2D eigenvalue weighted by atomic mass is 10.3. The molecule has 7 heteroatoms. The Hall–Kier alpha value is -0.820. The van der Waals surface area contributed by atoms with Gasteiger partial charge in [-0.3, -0.25) is 0 Å². The molecule has 0 aromatic carbocycles. The summed E-state index contributed by atoms with van der Waals surface area (Å²) in [6, 6.07) is 0. The van der Waals surface area contributed by atoms with Crippen molar-refractivity contribution in [2.75, 3.05) is 24.2 Å². The molecule has 0 atom stereocenters. The maximum absolute atomic E-state index is 12.3. The summed E-state index contributed by atoms with van der Waals surface area (Å²) in [6.45, 7) is 2.93. The van der Waals surface area contributed by atoms with Gasteiger partial charge in [0.15, 0.2) is 15.7 Å². The summed E-state index contributed by atoms with van der Waals surface area (Å²) in [6.07, 6.45) is 3.59. The van der Waals surface area contributed by atoms with Gasteiger partial charge in [0.2, 0.25) is 0 Å². The number of rotatable bonds is 6. The second-order valence-corrected chi connectivity index (χ2v) is 7.64. The van der Waals surface area contributed by atoms with Crippen LogP contribution in [0.25, 0.3) is 0 Å². The standard InChI is InChI=1S/C11H19N3O2S2/c1-3-4-7-14(2)11-9(10(12)13-17-11)18(15,16)8-5-6-8/h8H,3-7H2,1-2H3,(H2,12,13). The van der Waals surface area contributed by atoms with Gasteiger partial charge in [0, 0.05) is 13.6 Å². The molecule has 102 valence electrons. The molecule has 2 N–H and O–H groups in total. The molecule has 0 radical (unpaired) electrons. The first-order chi connectivity index (χ1) is 8.48. The van der Waals surface area contributed by atoms with Crippen LogP contribution in [0.2, 0.25) is 0 Å². The maximum atomic E-state index is 12.3. The third-order valence-electron chi connectivity index (χ3n) is 3.10. The van der Waals surface area contributed by atoms with Crippen LogP contribution in [-0.4, -0.2) is 31.6 Å². The maximum Gasteiger partial charge on any atom is 0.187 e. The van der Waals surface area contributed by atoms with Gasteiger partial charge in [0.05, 0.1) is 5.25 Å². The molecule has 1 saturated carbocycles. The molecule has 0 amide bonds. The molecule has 1 aliphatic rings. The first-order valence-electron chi connectivity index (χ1n) is 6.18. The van der Waals surface area contributed by atoms with E-state index in [0.717, 1.165) is 32.2 Å². The number of nitrogens with two attached hydrogens (primary N) is 1. The summed E-state index contributed by atoms with van der Waals surface area (Å²) in [5.41, 5.74) is 5.75. The van der Waals surface area contributed by atoms with E-state index in [1.807, 2.05) is 11.9 Å². The van der Waals surface area contributed by atoms with Gasteiger partial charge < -0.3 is 10.6 Å². The zero-order valence-electron chi connectivity index (χ0n) is 10.7. The summed E-state index contributed by atoms with van der Waals surface area (Å²) < 4.78 is 28.7. The lowest BCUT2D eigenvalue weighted by Crippen LogP contribution is -2.20. The number of unbranched alkanes of at least 4 members (excludes halogenated alkanes) is 1. The second-order valence-electron chi connectivity index (χ2n) is 4.72. The van der Waals surface area contributed by atoms with Crippen molar-refractivity contribution in [2.24, 2.45) is 0 Å². The van der Waals surface area contributed by atoms with Crippen molar-refractivity contribution in [3.8, 4) is 0 Å². The number of nitrogen functional groups attached to an aromatic ring is 1. The quantitative estimate of drug-likeness (QED) is 0.865. The molecule has 1 fully saturated rings. The summed E-state index contributed by atoms with van der Waals surface area (Å²) >= 11 is 1.18. The minimum Gasteiger partial charge on any atom is -0.382 e. The minimum atomic E-state index is -3.27. The van der Waals surface area contributed by atoms with Gasteiger partial charge in [0.1, 0.15) is 9.90 Å². The lowest BCUT2D eigenvalue weighted by molar-refractivity contribution is 0.595. The normalized spacial score (nSPS) is 15.9. The van der Waals surface area contributed by atoms with Crippen molar-refractivity contribution in [2.45, 2.75) is 42.8 Å². The van der Waals surface area contributed by atoms with Gasteiger partial charge in [-0.25, -0.2) is 8.42 Å². The number of anilines is 2. The Bertz CT molecular complexity index is 520. The van der Waals surface area contributed by atoms with E-state index in [-0.39, 0.29) is 16.0 Å². The molecule has 0 unspecified atom stereocenters. The van der Waals surface area contributed by atoms with Crippen LogP contribution in [0.4, 0.5) is 10.8 Å². The van der Waals surface area contributed by atoms with Crippen molar-refractivity contribution in [1.82, 2.24) is 4.37 Å². The topological polar surface area (TPSA) is 76.3 Å². The Morgan fingerprint density at radius 3 is 2.72 bits per heavy atom. The van der Waals surface area contributed by atoms with Crippen molar-refractivity contribution in [3.63, 3.8) is 0 Å².